The van der Waals surface area contributed by atoms with E-state index < -0.39 is 12.0 Å². The second-order valence-corrected chi connectivity index (χ2v) is 4.85. The number of rotatable bonds is 4. The highest BCUT2D eigenvalue weighted by atomic mass is 32.2. The van der Waals surface area contributed by atoms with E-state index in [1.807, 2.05) is 13.8 Å². The minimum Gasteiger partial charge on any atom is -0.308 e. The zero-order valence-corrected chi connectivity index (χ0v) is 10.2. The van der Waals surface area contributed by atoms with Crippen molar-refractivity contribution in [2.24, 2.45) is 5.84 Å². The Bertz CT molecular complexity index is 383. The van der Waals surface area contributed by atoms with E-state index in [1.165, 1.54) is 17.8 Å². The highest BCUT2D eigenvalue weighted by Gasteiger charge is 2.35. The molecule has 3 N–H and O–H groups in total. The molecule has 0 aromatic carbocycles. The number of nitrogen functional groups attached to an aromatic ring is 1. The smallest absolute Gasteiger partial charge is 0.308 e. The van der Waals surface area contributed by atoms with E-state index in [1.54, 1.807) is 0 Å². The van der Waals surface area contributed by atoms with Crippen LogP contribution in [0.1, 0.15) is 26.1 Å². The Kier molecular flexibility index (Phi) is 4.58. The van der Waals surface area contributed by atoms with E-state index in [0.717, 1.165) is 6.42 Å². The standard InChI is InChI=1S/C9H13F3N4S/c1-3-5(2)17-7-4-6(16-13)14-8(15-7)9(10,11)12/h4-5H,3,13H2,1-2H3,(H,14,15,16). The van der Waals surface area contributed by atoms with Crippen LogP contribution < -0.4 is 11.3 Å². The summed E-state index contributed by atoms with van der Waals surface area (Å²) in [6, 6.07) is 1.39. The number of nitrogens with zero attached hydrogens (tertiary/aromatic N) is 2. The number of anilines is 1. The third-order valence-corrected chi connectivity index (χ3v) is 3.19. The number of alkyl halides is 3. The van der Waals surface area contributed by atoms with E-state index in [4.69, 9.17) is 5.84 Å². The summed E-state index contributed by atoms with van der Waals surface area (Å²) >= 11 is 1.26. The Morgan fingerprint density at radius 1 is 1.47 bits per heavy atom. The van der Waals surface area contributed by atoms with Gasteiger partial charge in [-0.1, -0.05) is 13.8 Å². The van der Waals surface area contributed by atoms with Crippen LogP contribution in [0.5, 0.6) is 0 Å². The normalized spacial score (nSPS) is 13.5. The third kappa shape index (κ3) is 4.04. The summed E-state index contributed by atoms with van der Waals surface area (Å²) in [6.45, 7) is 3.86. The fourth-order valence-corrected chi connectivity index (χ4v) is 1.87. The van der Waals surface area contributed by atoms with Gasteiger partial charge in [0.2, 0.25) is 5.82 Å². The maximum Gasteiger partial charge on any atom is 0.451 e. The molecule has 1 atom stereocenters. The molecule has 0 spiro atoms. The van der Waals surface area contributed by atoms with Gasteiger partial charge in [0, 0.05) is 11.3 Å². The number of aromatic nitrogens is 2. The number of hydrogen-bond acceptors (Lipinski definition) is 5. The van der Waals surface area contributed by atoms with E-state index in [2.05, 4.69) is 15.4 Å². The first-order valence-electron chi connectivity index (χ1n) is 4.96. The van der Waals surface area contributed by atoms with E-state index in [9.17, 15) is 13.2 Å². The number of hydrogen-bond donors (Lipinski definition) is 2. The Hall–Kier alpha value is -1.02. The molecule has 1 aromatic rings. The molecule has 4 nitrogen and oxygen atoms in total. The van der Waals surface area contributed by atoms with Crippen molar-refractivity contribution in [3.8, 4) is 0 Å². The maximum atomic E-state index is 12.5. The summed E-state index contributed by atoms with van der Waals surface area (Å²) in [6.07, 6.45) is -3.74. The van der Waals surface area contributed by atoms with Crippen LogP contribution >= 0.6 is 11.8 Å². The molecule has 0 radical (unpaired) electrons. The van der Waals surface area contributed by atoms with Crippen LogP contribution in [0.25, 0.3) is 0 Å². The van der Waals surface area contributed by atoms with Gasteiger partial charge in [0.15, 0.2) is 0 Å². The molecule has 0 aliphatic rings. The first-order chi connectivity index (χ1) is 7.86. The molecular weight excluding hydrogens is 253 g/mol. The average molecular weight is 266 g/mol. The number of hydrazine groups is 1. The van der Waals surface area contributed by atoms with Crippen molar-refractivity contribution in [3.63, 3.8) is 0 Å². The molecule has 1 aromatic heterocycles. The fourth-order valence-electron chi connectivity index (χ4n) is 0.976. The largest absolute Gasteiger partial charge is 0.451 e. The number of halogens is 3. The predicted molar refractivity (Wildman–Crippen MR) is 60.5 cm³/mol. The molecule has 17 heavy (non-hydrogen) atoms. The summed E-state index contributed by atoms with van der Waals surface area (Å²) in [5, 5.41) is 0.436. The van der Waals surface area contributed by atoms with Crippen molar-refractivity contribution in [2.45, 2.75) is 36.7 Å². The topological polar surface area (TPSA) is 63.8 Å². The van der Waals surface area contributed by atoms with Crippen LogP contribution in [0.4, 0.5) is 19.0 Å². The molecule has 1 rings (SSSR count). The van der Waals surface area contributed by atoms with Crippen LogP contribution in [-0.4, -0.2) is 15.2 Å². The summed E-state index contributed by atoms with van der Waals surface area (Å²) in [5.41, 5.74) is 2.11. The van der Waals surface area contributed by atoms with Crippen molar-refractivity contribution in [1.29, 1.82) is 0 Å². The van der Waals surface area contributed by atoms with Gasteiger partial charge in [-0.05, 0) is 6.42 Å². The second-order valence-electron chi connectivity index (χ2n) is 3.39. The molecule has 1 unspecified atom stereocenters. The van der Waals surface area contributed by atoms with Crippen molar-refractivity contribution in [2.75, 3.05) is 5.43 Å². The van der Waals surface area contributed by atoms with Crippen molar-refractivity contribution in [3.05, 3.63) is 11.9 Å². The Balaban J connectivity index is 3.05. The highest BCUT2D eigenvalue weighted by Crippen LogP contribution is 2.31. The van der Waals surface area contributed by atoms with Gasteiger partial charge in [0.05, 0.1) is 0 Å². The monoisotopic (exact) mass is 266 g/mol. The molecule has 0 bridgehead atoms. The summed E-state index contributed by atoms with van der Waals surface area (Å²) in [4.78, 5) is 6.74. The lowest BCUT2D eigenvalue weighted by molar-refractivity contribution is -0.145. The molecule has 8 heteroatoms. The SMILES string of the molecule is CCC(C)Sc1cc(NN)nc(C(F)(F)F)n1. The van der Waals surface area contributed by atoms with Gasteiger partial charge in [-0.3, -0.25) is 0 Å². The van der Waals surface area contributed by atoms with Crippen LogP contribution in [0.15, 0.2) is 11.1 Å². The highest BCUT2D eigenvalue weighted by molar-refractivity contribution is 7.99. The average Bonchev–Trinajstić information content (AvgIpc) is 2.27. The van der Waals surface area contributed by atoms with Crippen LogP contribution in [-0.2, 0) is 6.18 Å². The third-order valence-electron chi connectivity index (χ3n) is 2.00. The lowest BCUT2D eigenvalue weighted by Crippen LogP contribution is -2.16. The Morgan fingerprint density at radius 3 is 2.59 bits per heavy atom. The molecular formula is C9H13F3N4S. The van der Waals surface area contributed by atoms with Gasteiger partial charge in [-0.25, -0.2) is 15.8 Å². The minimum absolute atomic E-state index is 0.0434. The molecule has 0 aliphatic heterocycles. The maximum absolute atomic E-state index is 12.5. The second kappa shape index (κ2) is 5.54. The van der Waals surface area contributed by atoms with Crippen molar-refractivity contribution >= 4 is 17.6 Å². The summed E-state index contributed by atoms with van der Waals surface area (Å²) in [5.74, 6) is 3.85. The van der Waals surface area contributed by atoms with Crippen molar-refractivity contribution in [1.82, 2.24) is 9.97 Å². The van der Waals surface area contributed by atoms with E-state index in [0.29, 0.717) is 0 Å². The summed E-state index contributed by atoms with van der Waals surface area (Å²) in [7, 11) is 0. The zero-order chi connectivity index (χ0) is 13.1. The van der Waals surface area contributed by atoms with Gasteiger partial charge in [0.25, 0.3) is 0 Å². The number of thioether (sulfide) groups is 1. The van der Waals surface area contributed by atoms with Crippen LogP contribution in [0.3, 0.4) is 0 Å². The van der Waals surface area contributed by atoms with E-state index >= 15 is 0 Å². The molecule has 0 saturated heterocycles. The quantitative estimate of drug-likeness (QED) is 0.379. The molecule has 0 aliphatic carbocycles. The molecule has 0 fully saturated rings. The molecule has 1 heterocycles. The number of nitrogens with two attached hydrogens (primary N) is 1. The van der Waals surface area contributed by atoms with Gasteiger partial charge in [0.1, 0.15) is 10.8 Å². The Labute approximate surface area is 101 Å². The number of nitrogens with one attached hydrogen (secondary N) is 1. The fraction of sp³-hybridized carbons (Fsp3) is 0.556. The first kappa shape index (κ1) is 14.0. The van der Waals surface area contributed by atoms with Gasteiger partial charge < -0.3 is 5.43 Å². The van der Waals surface area contributed by atoms with Crippen molar-refractivity contribution < 1.29 is 13.2 Å². The Morgan fingerprint density at radius 2 is 2.12 bits per heavy atom. The van der Waals surface area contributed by atoms with Gasteiger partial charge in [-0.2, -0.15) is 13.2 Å². The van der Waals surface area contributed by atoms with E-state index in [-0.39, 0.29) is 16.1 Å². The summed E-state index contributed by atoms with van der Waals surface area (Å²) < 4.78 is 37.5. The zero-order valence-electron chi connectivity index (χ0n) is 9.38. The van der Waals surface area contributed by atoms with Crippen LogP contribution in [0, 0.1) is 0 Å². The van der Waals surface area contributed by atoms with Crippen LogP contribution in [0.2, 0.25) is 0 Å². The lowest BCUT2D eigenvalue weighted by atomic mass is 10.4. The lowest BCUT2D eigenvalue weighted by Gasteiger charge is -2.11. The van der Waals surface area contributed by atoms with Gasteiger partial charge in [-0.15, -0.1) is 11.8 Å². The van der Waals surface area contributed by atoms with Gasteiger partial charge >= 0.3 is 6.18 Å². The predicted octanol–water partition coefficient (Wildman–Crippen LogP) is 2.67. The molecule has 96 valence electrons. The molecule has 0 saturated carbocycles. The first-order valence-corrected chi connectivity index (χ1v) is 5.84. The molecule has 0 amide bonds. The minimum atomic E-state index is -4.57.